The Kier molecular flexibility index (Phi) is 5.65. The molecule has 0 aliphatic heterocycles. The van der Waals surface area contributed by atoms with E-state index in [1.807, 2.05) is 18.7 Å². The maximum absolute atomic E-state index is 5.93. The number of aryl methyl sites for hydroxylation is 3. The van der Waals surface area contributed by atoms with E-state index in [4.69, 9.17) is 21.3 Å². The molecule has 0 saturated carbocycles. The van der Waals surface area contributed by atoms with Gasteiger partial charge in [-0.3, -0.25) is 4.68 Å². The summed E-state index contributed by atoms with van der Waals surface area (Å²) >= 11 is 5.93. The van der Waals surface area contributed by atoms with E-state index in [1.165, 1.54) is 0 Å². The molecule has 0 aliphatic carbocycles. The largest absolute Gasteiger partial charge is 0.377 e. The first-order valence-corrected chi connectivity index (χ1v) is 8.24. The standard InChI is InChI=1S/C15H25ClN4O/c1-5-7-12-14-15(19(4)18-12)20(10-11(3)21-6-2)13(17-14)8-9-16/h11H,5-10H2,1-4H3. The quantitative estimate of drug-likeness (QED) is 0.704. The second-order valence-corrected chi connectivity index (χ2v) is 5.71. The Morgan fingerprint density at radius 1 is 1.29 bits per heavy atom. The molecule has 2 aromatic heterocycles. The van der Waals surface area contributed by atoms with Crippen LogP contribution in [0, 0.1) is 0 Å². The van der Waals surface area contributed by atoms with E-state index in [0.717, 1.165) is 55.1 Å². The molecule has 0 amide bonds. The van der Waals surface area contributed by atoms with Crippen molar-refractivity contribution in [3.05, 3.63) is 11.5 Å². The van der Waals surface area contributed by atoms with E-state index < -0.39 is 0 Å². The molecule has 2 heterocycles. The summed E-state index contributed by atoms with van der Waals surface area (Å²) < 4.78 is 9.83. The van der Waals surface area contributed by atoms with Crippen molar-refractivity contribution in [3.8, 4) is 0 Å². The molecule has 21 heavy (non-hydrogen) atoms. The van der Waals surface area contributed by atoms with Gasteiger partial charge in [0.15, 0.2) is 5.65 Å². The van der Waals surface area contributed by atoms with Gasteiger partial charge in [-0.25, -0.2) is 4.98 Å². The third-order valence-electron chi connectivity index (χ3n) is 3.57. The lowest BCUT2D eigenvalue weighted by atomic mass is 10.2. The topological polar surface area (TPSA) is 44.9 Å². The molecule has 1 atom stereocenters. The van der Waals surface area contributed by atoms with Gasteiger partial charge in [0.25, 0.3) is 0 Å². The van der Waals surface area contributed by atoms with Crippen LogP contribution >= 0.6 is 11.6 Å². The van der Waals surface area contributed by atoms with Crippen LogP contribution in [0.4, 0.5) is 0 Å². The maximum Gasteiger partial charge on any atom is 0.158 e. The summed E-state index contributed by atoms with van der Waals surface area (Å²) in [5.74, 6) is 1.60. The van der Waals surface area contributed by atoms with Gasteiger partial charge in [-0.15, -0.1) is 11.6 Å². The van der Waals surface area contributed by atoms with E-state index in [2.05, 4.69) is 23.5 Å². The minimum Gasteiger partial charge on any atom is -0.377 e. The second kappa shape index (κ2) is 7.27. The molecule has 5 nitrogen and oxygen atoms in total. The van der Waals surface area contributed by atoms with Gasteiger partial charge in [0.2, 0.25) is 0 Å². The lowest BCUT2D eigenvalue weighted by Gasteiger charge is -2.15. The van der Waals surface area contributed by atoms with Gasteiger partial charge in [0.1, 0.15) is 11.3 Å². The average Bonchev–Trinajstić information content (AvgIpc) is 2.91. The number of rotatable bonds is 8. The van der Waals surface area contributed by atoms with Crippen molar-refractivity contribution in [2.75, 3.05) is 12.5 Å². The third kappa shape index (κ3) is 3.40. The first-order chi connectivity index (χ1) is 10.1. The molecule has 1 unspecified atom stereocenters. The highest BCUT2D eigenvalue weighted by Crippen LogP contribution is 2.22. The number of fused-ring (bicyclic) bond motifs is 1. The first-order valence-electron chi connectivity index (χ1n) is 7.70. The summed E-state index contributed by atoms with van der Waals surface area (Å²) in [5.41, 5.74) is 3.17. The Bertz CT molecular complexity index is 590. The number of ether oxygens (including phenoxy) is 1. The van der Waals surface area contributed by atoms with Crippen LogP contribution in [0.3, 0.4) is 0 Å². The van der Waals surface area contributed by atoms with Crippen molar-refractivity contribution in [1.82, 2.24) is 19.3 Å². The molecule has 2 rings (SSSR count). The molecular formula is C15H25ClN4O. The zero-order chi connectivity index (χ0) is 15.4. The summed E-state index contributed by atoms with van der Waals surface area (Å²) in [5, 5.41) is 4.61. The van der Waals surface area contributed by atoms with E-state index in [0.29, 0.717) is 5.88 Å². The normalized spacial score (nSPS) is 13.2. The van der Waals surface area contributed by atoms with Crippen LogP contribution < -0.4 is 0 Å². The zero-order valence-electron chi connectivity index (χ0n) is 13.4. The molecule has 0 N–H and O–H groups in total. The minimum absolute atomic E-state index is 0.144. The molecule has 0 aliphatic rings. The summed E-state index contributed by atoms with van der Waals surface area (Å²) in [6.07, 6.45) is 2.93. The van der Waals surface area contributed by atoms with Crippen molar-refractivity contribution in [2.24, 2.45) is 7.05 Å². The van der Waals surface area contributed by atoms with Crippen LogP contribution in [-0.4, -0.2) is 37.9 Å². The molecule has 118 valence electrons. The molecule has 0 aromatic carbocycles. The Balaban J connectivity index is 2.46. The molecule has 0 fully saturated rings. The van der Waals surface area contributed by atoms with Crippen LogP contribution in [0.15, 0.2) is 0 Å². The number of hydrogen-bond acceptors (Lipinski definition) is 3. The minimum atomic E-state index is 0.144. The highest BCUT2D eigenvalue weighted by molar-refractivity contribution is 6.17. The fraction of sp³-hybridized carbons (Fsp3) is 0.733. The highest BCUT2D eigenvalue weighted by atomic mass is 35.5. The SMILES string of the molecule is CCCc1nn(C)c2c1nc(CCCl)n2CC(C)OCC. The Labute approximate surface area is 131 Å². The summed E-state index contributed by atoms with van der Waals surface area (Å²) in [4.78, 5) is 4.79. The fourth-order valence-corrected chi connectivity index (χ4v) is 2.92. The number of aromatic nitrogens is 4. The van der Waals surface area contributed by atoms with Gasteiger partial charge in [-0.05, 0) is 20.3 Å². The van der Waals surface area contributed by atoms with Crippen LogP contribution in [-0.2, 0) is 31.2 Å². The average molecular weight is 313 g/mol. The van der Waals surface area contributed by atoms with Crippen molar-refractivity contribution >= 4 is 22.8 Å². The zero-order valence-corrected chi connectivity index (χ0v) is 14.2. The number of nitrogens with zero attached hydrogens (tertiary/aromatic N) is 4. The number of hydrogen-bond donors (Lipinski definition) is 0. The van der Waals surface area contributed by atoms with E-state index in [9.17, 15) is 0 Å². The Morgan fingerprint density at radius 3 is 2.67 bits per heavy atom. The highest BCUT2D eigenvalue weighted by Gasteiger charge is 2.19. The molecule has 2 aromatic rings. The van der Waals surface area contributed by atoms with Crippen LogP contribution in [0.25, 0.3) is 11.2 Å². The summed E-state index contributed by atoms with van der Waals surface area (Å²) in [6, 6.07) is 0. The first kappa shape index (κ1) is 16.3. The van der Waals surface area contributed by atoms with Gasteiger partial charge in [0.05, 0.1) is 18.3 Å². The predicted molar refractivity (Wildman–Crippen MR) is 86.0 cm³/mol. The van der Waals surface area contributed by atoms with E-state index >= 15 is 0 Å². The van der Waals surface area contributed by atoms with Gasteiger partial charge in [0, 0.05) is 26.0 Å². The summed E-state index contributed by atoms with van der Waals surface area (Å²) in [7, 11) is 1.98. The molecular weight excluding hydrogens is 288 g/mol. The second-order valence-electron chi connectivity index (χ2n) is 5.34. The van der Waals surface area contributed by atoms with Crippen LogP contribution in [0.2, 0.25) is 0 Å². The lowest BCUT2D eigenvalue weighted by Crippen LogP contribution is -2.19. The van der Waals surface area contributed by atoms with E-state index in [-0.39, 0.29) is 6.10 Å². The molecule has 0 radical (unpaired) electrons. The predicted octanol–water partition coefficient (Wildman–Crippen LogP) is 2.93. The maximum atomic E-state index is 5.93. The van der Waals surface area contributed by atoms with Crippen LogP contribution in [0.5, 0.6) is 0 Å². The summed E-state index contributed by atoms with van der Waals surface area (Å²) in [6.45, 7) is 7.76. The van der Waals surface area contributed by atoms with Crippen molar-refractivity contribution in [1.29, 1.82) is 0 Å². The monoisotopic (exact) mass is 312 g/mol. The Morgan fingerprint density at radius 2 is 2.05 bits per heavy atom. The molecule has 6 heteroatoms. The lowest BCUT2D eigenvalue weighted by molar-refractivity contribution is 0.0640. The van der Waals surface area contributed by atoms with Gasteiger partial charge < -0.3 is 9.30 Å². The van der Waals surface area contributed by atoms with Crippen molar-refractivity contribution < 1.29 is 4.74 Å². The number of alkyl halides is 1. The molecule has 0 saturated heterocycles. The van der Waals surface area contributed by atoms with Gasteiger partial charge in [-0.2, -0.15) is 5.10 Å². The Hall–Kier alpha value is -1.07. The number of imidazole rings is 1. The number of halogens is 1. The van der Waals surface area contributed by atoms with Crippen LogP contribution in [0.1, 0.15) is 38.7 Å². The van der Waals surface area contributed by atoms with Crippen molar-refractivity contribution in [3.63, 3.8) is 0 Å². The van der Waals surface area contributed by atoms with Crippen molar-refractivity contribution in [2.45, 2.75) is 52.7 Å². The van der Waals surface area contributed by atoms with Gasteiger partial charge in [-0.1, -0.05) is 13.3 Å². The smallest absolute Gasteiger partial charge is 0.158 e. The molecule has 0 spiro atoms. The van der Waals surface area contributed by atoms with Gasteiger partial charge >= 0.3 is 0 Å². The molecule has 0 bridgehead atoms. The third-order valence-corrected chi connectivity index (χ3v) is 3.76. The van der Waals surface area contributed by atoms with E-state index in [1.54, 1.807) is 0 Å². The fourth-order valence-electron chi connectivity index (χ4n) is 2.75.